The van der Waals surface area contributed by atoms with Crippen LogP contribution >= 0.6 is 11.3 Å². The molecule has 0 radical (unpaired) electrons. The average Bonchev–Trinajstić information content (AvgIpc) is 2.37. The second-order valence-corrected chi connectivity index (χ2v) is 4.26. The van der Waals surface area contributed by atoms with E-state index in [0.717, 1.165) is 4.88 Å². The van der Waals surface area contributed by atoms with E-state index in [1.165, 1.54) is 11.3 Å². The molecule has 0 saturated heterocycles. The second kappa shape index (κ2) is 3.33. The minimum atomic E-state index is -0.732. The molecule has 1 aromatic heterocycles. The van der Waals surface area contributed by atoms with Gasteiger partial charge in [-0.05, 0) is 13.8 Å². The van der Waals surface area contributed by atoms with Gasteiger partial charge in [-0.1, -0.05) is 0 Å². The molecule has 0 aliphatic heterocycles. The summed E-state index contributed by atoms with van der Waals surface area (Å²) < 4.78 is 0. The van der Waals surface area contributed by atoms with Gasteiger partial charge in [-0.2, -0.15) is 0 Å². The smallest absolute Gasteiger partial charge is 0.157 e. The Labute approximate surface area is 75.6 Å². The third-order valence-electron chi connectivity index (χ3n) is 1.54. The molecule has 0 unspecified atom stereocenters. The number of carbonyl (C=O) groups is 1. The van der Waals surface area contributed by atoms with Crippen LogP contribution in [0.4, 0.5) is 0 Å². The van der Waals surface area contributed by atoms with E-state index in [2.05, 4.69) is 4.98 Å². The molecule has 0 saturated carbocycles. The first-order valence-electron chi connectivity index (χ1n) is 3.69. The lowest BCUT2D eigenvalue weighted by molar-refractivity contribution is -0.122. The van der Waals surface area contributed by atoms with Crippen LogP contribution in [0.25, 0.3) is 0 Å². The minimum Gasteiger partial charge on any atom is -0.319 e. The predicted octanol–water partition coefficient (Wildman–Crippen LogP) is 0.992. The van der Waals surface area contributed by atoms with E-state index >= 15 is 0 Å². The van der Waals surface area contributed by atoms with Crippen LogP contribution in [0, 0.1) is 0 Å². The number of nitrogens with zero attached hydrogens (tertiary/aromatic N) is 1. The summed E-state index contributed by atoms with van der Waals surface area (Å²) in [5.41, 5.74) is 6.61. The fourth-order valence-electron chi connectivity index (χ4n) is 0.715. The molecule has 0 aromatic carbocycles. The van der Waals surface area contributed by atoms with Gasteiger partial charge in [0.25, 0.3) is 0 Å². The van der Waals surface area contributed by atoms with Gasteiger partial charge in [-0.15, -0.1) is 11.3 Å². The maximum absolute atomic E-state index is 11.4. The third kappa shape index (κ3) is 2.39. The molecule has 1 aromatic rings. The molecule has 0 aliphatic rings. The zero-order valence-corrected chi connectivity index (χ0v) is 8.02. The predicted molar refractivity (Wildman–Crippen MR) is 49.1 cm³/mol. The zero-order chi connectivity index (χ0) is 9.19. The van der Waals surface area contributed by atoms with Crippen molar-refractivity contribution >= 4 is 17.1 Å². The van der Waals surface area contributed by atoms with Crippen LogP contribution in [-0.2, 0) is 11.2 Å². The van der Waals surface area contributed by atoms with Crippen molar-refractivity contribution < 1.29 is 4.79 Å². The average molecular weight is 184 g/mol. The van der Waals surface area contributed by atoms with Crippen LogP contribution in [0.1, 0.15) is 18.7 Å². The standard InChI is InChI=1S/C8H12N2OS/c1-8(2,9)7(11)3-6-4-10-5-12-6/h4-5H,3,9H2,1-2H3. The number of nitrogens with two attached hydrogens (primary N) is 1. The van der Waals surface area contributed by atoms with E-state index in [0.29, 0.717) is 6.42 Å². The van der Waals surface area contributed by atoms with Crippen LogP contribution in [0.5, 0.6) is 0 Å². The van der Waals surface area contributed by atoms with Gasteiger partial charge in [0.15, 0.2) is 5.78 Å². The summed E-state index contributed by atoms with van der Waals surface area (Å²) in [5, 5.41) is 0. The summed E-state index contributed by atoms with van der Waals surface area (Å²) in [4.78, 5) is 16.2. The molecular weight excluding hydrogens is 172 g/mol. The number of Topliss-reactive ketones (excluding diaryl/α,β-unsaturated/α-hetero) is 1. The Balaban J connectivity index is 2.60. The van der Waals surface area contributed by atoms with E-state index in [1.54, 1.807) is 25.6 Å². The lowest BCUT2D eigenvalue weighted by Crippen LogP contribution is -2.42. The Morgan fingerprint density at radius 2 is 2.42 bits per heavy atom. The Bertz CT molecular complexity index is 261. The highest BCUT2D eigenvalue weighted by molar-refractivity contribution is 7.09. The number of thiazole rings is 1. The molecule has 12 heavy (non-hydrogen) atoms. The first kappa shape index (κ1) is 9.35. The Morgan fingerprint density at radius 1 is 1.75 bits per heavy atom. The maximum Gasteiger partial charge on any atom is 0.157 e. The first-order valence-corrected chi connectivity index (χ1v) is 4.57. The molecule has 1 heterocycles. The summed E-state index contributed by atoms with van der Waals surface area (Å²) in [6, 6.07) is 0. The largest absolute Gasteiger partial charge is 0.319 e. The van der Waals surface area contributed by atoms with E-state index in [-0.39, 0.29) is 5.78 Å². The van der Waals surface area contributed by atoms with Gasteiger partial charge in [0.1, 0.15) is 0 Å². The van der Waals surface area contributed by atoms with Gasteiger partial charge in [0.2, 0.25) is 0 Å². The monoisotopic (exact) mass is 184 g/mol. The molecule has 4 heteroatoms. The summed E-state index contributed by atoms with van der Waals surface area (Å²) in [7, 11) is 0. The van der Waals surface area contributed by atoms with Gasteiger partial charge in [0, 0.05) is 17.5 Å². The second-order valence-electron chi connectivity index (χ2n) is 3.29. The lowest BCUT2D eigenvalue weighted by Gasteiger charge is -2.15. The van der Waals surface area contributed by atoms with Crippen molar-refractivity contribution in [1.82, 2.24) is 4.98 Å². The van der Waals surface area contributed by atoms with Crippen LogP contribution in [0.3, 0.4) is 0 Å². The van der Waals surface area contributed by atoms with Gasteiger partial charge >= 0.3 is 0 Å². The SMILES string of the molecule is CC(C)(N)C(=O)Cc1cncs1. The highest BCUT2D eigenvalue weighted by Gasteiger charge is 2.21. The van der Waals surface area contributed by atoms with Crippen LogP contribution in [-0.4, -0.2) is 16.3 Å². The number of rotatable bonds is 3. The fraction of sp³-hybridized carbons (Fsp3) is 0.500. The van der Waals surface area contributed by atoms with Crippen molar-refractivity contribution in [2.75, 3.05) is 0 Å². The fourth-order valence-corrected chi connectivity index (χ4v) is 1.31. The highest BCUT2D eigenvalue weighted by Crippen LogP contribution is 2.10. The van der Waals surface area contributed by atoms with Crippen molar-refractivity contribution in [1.29, 1.82) is 0 Å². The van der Waals surface area contributed by atoms with Crippen molar-refractivity contribution in [2.45, 2.75) is 25.8 Å². The molecule has 0 atom stereocenters. The van der Waals surface area contributed by atoms with E-state index in [4.69, 9.17) is 5.73 Å². The molecule has 2 N–H and O–H groups in total. The molecular formula is C8H12N2OS. The number of carbonyl (C=O) groups excluding carboxylic acids is 1. The van der Waals surface area contributed by atoms with E-state index < -0.39 is 5.54 Å². The number of aromatic nitrogens is 1. The molecule has 0 aliphatic carbocycles. The summed E-state index contributed by atoms with van der Waals surface area (Å²) in [5.74, 6) is 0.0479. The van der Waals surface area contributed by atoms with Gasteiger partial charge in [-0.3, -0.25) is 9.78 Å². The lowest BCUT2D eigenvalue weighted by atomic mass is 9.98. The van der Waals surface area contributed by atoms with Crippen molar-refractivity contribution in [3.8, 4) is 0 Å². The number of hydrogen-bond donors (Lipinski definition) is 1. The first-order chi connectivity index (χ1) is 5.50. The topological polar surface area (TPSA) is 56.0 Å². The summed E-state index contributed by atoms with van der Waals surface area (Å²) >= 11 is 1.48. The van der Waals surface area contributed by atoms with Crippen molar-refractivity contribution in [3.63, 3.8) is 0 Å². The van der Waals surface area contributed by atoms with E-state index in [1.807, 2.05) is 0 Å². The molecule has 0 fully saturated rings. The van der Waals surface area contributed by atoms with Crippen molar-refractivity contribution in [3.05, 3.63) is 16.6 Å². The number of ketones is 1. The van der Waals surface area contributed by atoms with Crippen molar-refractivity contribution in [2.24, 2.45) is 5.73 Å². The third-order valence-corrected chi connectivity index (χ3v) is 2.32. The van der Waals surface area contributed by atoms with Gasteiger partial charge in [-0.25, -0.2) is 0 Å². The Morgan fingerprint density at radius 3 is 2.83 bits per heavy atom. The zero-order valence-electron chi connectivity index (χ0n) is 7.20. The summed E-state index contributed by atoms with van der Waals surface area (Å²) in [6.07, 6.45) is 2.10. The highest BCUT2D eigenvalue weighted by atomic mass is 32.1. The molecule has 1 rings (SSSR count). The molecule has 66 valence electrons. The maximum atomic E-state index is 11.4. The Hall–Kier alpha value is -0.740. The molecule has 0 spiro atoms. The minimum absolute atomic E-state index is 0.0479. The summed E-state index contributed by atoms with van der Waals surface area (Å²) in [6.45, 7) is 3.44. The molecule has 0 bridgehead atoms. The Kier molecular flexibility index (Phi) is 2.59. The van der Waals surface area contributed by atoms with E-state index in [9.17, 15) is 4.79 Å². The molecule has 0 amide bonds. The van der Waals surface area contributed by atoms with Gasteiger partial charge < -0.3 is 5.73 Å². The van der Waals surface area contributed by atoms with Crippen LogP contribution in [0.15, 0.2) is 11.7 Å². The number of hydrogen-bond acceptors (Lipinski definition) is 4. The van der Waals surface area contributed by atoms with Crippen LogP contribution < -0.4 is 5.73 Å². The van der Waals surface area contributed by atoms with Gasteiger partial charge in [0.05, 0.1) is 11.0 Å². The molecule has 3 nitrogen and oxygen atoms in total. The quantitative estimate of drug-likeness (QED) is 0.762. The normalized spacial score (nSPS) is 11.6. The van der Waals surface area contributed by atoms with Crippen LogP contribution in [0.2, 0.25) is 0 Å².